The fourth-order valence-corrected chi connectivity index (χ4v) is 2.66. The number of hydrogen-bond acceptors (Lipinski definition) is 4. The van der Waals surface area contributed by atoms with Gasteiger partial charge >= 0.3 is 0 Å². The van der Waals surface area contributed by atoms with Crippen LogP contribution in [0.5, 0.6) is 10.8 Å². The summed E-state index contributed by atoms with van der Waals surface area (Å²) in [6.07, 6.45) is 0. The maximum Gasteiger partial charge on any atom is 0.262 e. The van der Waals surface area contributed by atoms with Gasteiger partial charge in [0.1, 0.15) is 5.75 Å². The summed E-state index contributed by atoms with van der Waals surface area (Å²) in [5.41, 5.74) is 0.665. The van der Waals surface area contributed by atoms with Gasteiger partial charge in [0, 0.05) is 5.30 Å². The van der Waals surface area contributed by atoms with E-state index in [-0.39, 0.29) is 5.91 Å². The molecule has 90 valence electrons. The van der Waals surface area contributed by atoms with Crippen LogP contribution in [0.2, 0.25) is 0 Å². The van der Waals surface area contributed by atoms with Crippen molar-refractivity contribution in [2.45, 2.75) is 0 Å². The molecule has 4 nitrogen and oxygen atoms in total. The van der Waals surface area contributed by atoms with Crippen molar-refractivity contribution in [3.8, 4) is 10.8 Å². The van der Waals surface area contributed by atoms with Gasteiger partial charge in [-0.2, -0.15) is 0 Å². The molecule has 1 aromatic heterocycles. The molecule has 18 heavy (non-hydrogen) atoms. The number of carbonyl (C=O) groups excluding carboxylic acids is 2. The molecule has 0 bridgehead atoms. The number of thiophene rings is 1. The monoisotopic (exact) mass is 277 g/mol. The van der Waals surface area contributed by atoms with E-state index in [2.05, 4.69) is 14.6 Å². The lowest BCUT2D eigenvalue weighted by Crippen LogP contribution is -2.20. The average molecular weight is 277 g/mol. The molecule has 1 aromatic carbocycles. The van der Waals surface area contributed by atoms with Gasteiger partial charge in [-0.1, -0.05) is 6.07 Å². The predicted octanol–water partition coefficient (Wildman–Crippen LogP) is 1.92. The molecule has 0 saturated heterocycles. The molecule has 6 heteroatoms. The molecule has 1 aliphatic heterocycles. The van der Waals surface area contributed by atoms with Gasteiger partial charge in [-0.3, -0.25) is 14.9 Å². The van der Waals surface area contributed by atoms with E-state index in [1.54, 1.807) is 12.1 Å². The number of nitrogens with one attached hydrogen (secondary N) is 1. The van der Waals surface area contributed by atoms with Crippen LogP contribution in [0.1, 0.15) is 20.7 Å². The minimum Gasteiger partial charge on any atom is -0.445 e. The first-order valence-electron chi connectivity index (χ1n) is 5.16. The Morgan fingerprint density at radius 3 is 2.72 bits per heavy atom. The standard InChI is InChI=1S/C12H8NO3PS/c14-11-6-3-4-7(17)10(9(6)12(15)13-11)16-8-2-1-5-18-8/h1-5H,17H2,(H,13,14,15). The zero-order valence-corrected chi connectivity index (χ0v) is 11.1. The molecular weight excluding hydrogens is 269 g/mol. The normalized spacial score (nSPS) is 13.4. The van der Waals surface area contributed by atoms with Crippen LogP contribution in [0, 0.1) is 0 Å². The summed E-state index contributed by atoms with van der Waals surface area (Å²) in [5.74, 6) is -0.370. The average Bonchev–Trinajstić information content (AvgIpc) is 2.92. The summed E-state index contributed by atoms with van der Waals surface area (Å²) in [7, 11) is 2.51. The molecule has 2 amide bonds. The molecule has 0 saturated carbocycles. The molecule has 1 aliphatic rings. The van der Waals surface area contributed by atoms with E-state index in [0.29, 0.717) is 21.9 Å². The van der Waals surface area contributed by atoms with Crippen LogP contribution in [-0.2, 0) is 0 Å². The molecule has 0 aliphatic carbocycles. The van der Waals surface area contributed by atoms with E-state index >= 15 is 0 Å². The van der Waals surface area contributed by atoms with Crippen molar-refractivity contribution in [1.82, 2.24) is 5.32 Å². The van der Waals surface area contributed by atoms with Gasteiger partial charge in [0.15, 0.2) is 5.06 Å². The first kappa shape index (κ1) is 11.4. The smallest absolute Gasteiger partial charge is 0.262 e. The molecule has 0 fully saturated rings. The molecule has 0 radical (unpaired) electrons. The van der Waals surface area contributed by atoms with Crippen molar-refractivity contribution in [2.75, 3.05) is 0 Å². The second-order valence-corrected chi connectivity index (χ2v) is 5.26. The number of carbonyl (C=O) groups is 2. The van der Waals surface area contributed by atoms with E-state index in [9.17, 15) is 9.59 Å². The van der Waals surface area contributed by atoms with Crippen molar-refractivity contribution in [3.63, 3.8) is 0 Å². The van der Waals surface area contributed by atoms with Crippen molar-refractivity contribution >= 4 is 37.7 Å². The molecule has 3 rings (SSSR count). The highest BCUT2D eigenvalue weighted by atomic mass is 32.1. The lowest BCUT2D eigenvalue weighted by atomic mass is 10.1. The maximum atomic E-state index is 11.8. The van der Waals surface area contributed by atoms with Crippen molar-refractivity contribution in [1.29, 1.82) is 0 Å². The number of rotatable bonds is 2. The molecule has 1 unspecified atom stereocenters. The van der Waals surface area contributed by atoms with Crippen molar-refractivity contribution in [3.05, 3.63) is 40.8 Å². The minimum absolute atomic E-state index is 0.306. The Labute approximate surface area is 109 Å². The molecule has 1 atom stereocenters. The largest absolute Gasteiger partial charge is 0.445 e. The van der Waals surface area contributed by atoms with E-state index in [4.69, 9.17) is 4.74 Å². The number of ether oxygens (including phenoxy) is 1. The summed E-state index contributed by atoms with van der Waals surface area (Å²) in [4.78, 5) is 23.3. The maximum absolute atomic E-state index is 11.8. The molecule has 1 N–H and O–H groups in total. The summed E-state index contributed by atoms with van der Waals surface area (Å²) in [6, 6.07) is 7.03. The van der Waals surface area contributed by atoms with Gasteiger partial charge in [0.25, 0.3) is 11.8 Å². The predicted molar refractivity (Wildman–Crippen MR) is 72.0 cm³/mol. The highest BCUT2D eigenvalue weighted by molar-refractivity contribution is 7.27. The minimum atomic E-state index is -0.411. The van der Waals surface area contributed by atoms with E-state index in [1.165, 1.54) is 11.3 Å². The van der Waals surface area contributed by atoms with Crippen LogP contribution in [0.4, 0.5) is 0 Å². The van der Waals surface area contributed by atoms with Crippen LogP contribution in [0.15, 0.2) is 29.6 Å². The second kappa shape index (κ2) is 4.19. The first-order valence-corrected chi connectivity index (χ1v) is 6.62. The van der Waals surface area contributed by atoms with E-state index in [1.807, 2.05) is 17.5 Å². The Kier molecular flexibility index (Phi) is 2.65. The van der Waals surface area contributed by atoms with Crippen molar-refractivity contribution < 1.29 is 14.3 Å². The van der Waals surface area contributed by atoms with Gasteiger partial charge in [-0.15, -0.1) is 20.6 Å². The number of benzene rings is 1. The Balaban J connectivity index is 2.14. The molecule has 0 spiro atoms. The van der Waals surface area contributed by atoms with Gasteiger partial charge in [0.2, 0.25) is 0 Å². The Hall–Kier alpha value is -1.71. The zero-order valence-electron chi connectivity index (χ0n) is 9.10. The van der Waals surface area contributed by atoms with Crippen LogP contribution in [-0.4, -0.2) is 11.8 Å². The van der Waals surface area contributed by atoms with Gasteiger partial charge in [0.05, 0.1) is 11.1 Å². The number of hydrogen-bond donors (Lipinski definition) is 1. The topological polar surface area (TPSA) is 55.4 Å². The van der Waals surface area contributed by atoms with Gasteiger partial charge in [-0.05, 0) is 23.6 Å². The highest BCUT2D eigenvalue weighted by Gasteiger charge is 2.31. The summed E-state index contributed by atoms with van der Waals surface area (Å²) >= 11 is 1.43. The van der Waals surface area contributed by atoms with Crippen LogP contribution >= 0.6 is 20.6 Å². The van der Waals surface area contributed by atoms with Gasteiger partial charge < -0.3 is 4.74 Å². The van der Waals surface area contributed by atoms with Crippen molar-refractivity contribution in [2.24, 2.45) is 0 Å². The van der Waals surface area contributed by atoms with Crippen LogP contribution in [0.25, 0.3) is 0 Å². The zero-order chi connectivity index (χ0) is 12.7. The summed E-state index contributed by atoms with van der Waals surface area (Å²) in [5, 5.41) is 5.57. The fraction of sp³-hybridized carbons (Fsp3) is 0. The quantitative estimate of drug-likeness (QED) is 0.674. The molecule has 2 aromatic rings. The SMILES string of the molecule is O=C1NC(=O)c2c1ccc(P)c2Oc1cccs1. The van der Waals surface area contributed by atoms with E-state index < -0.39 is 5.91 Å². The lowest BCUT2D eigenvalue weighted by molar-refractivity contribution is 0.0879. The third kappa shape index (κ3) is 1.72. The number of amides is 2. The Bertz CT molecular complexity index is 652. The Morgan fingerprint density at radius 1 is 1.17 bits per heavy atom. The van der Waals surface area contributed by atoms with E-state index in [0.717, 1.165) is 5.30 Å². The second-order valence-electron chi connectivity index (χ2n) is 3.72. The lowest BCUT2D eigenvalue weighted by Gasteiger charge is -2.09. The fourth-order valence-electron chi connectivity index (χ4n) is 1.78. The number of fused-ring (bicyclic) bond motifs is 1. The number of imide groups is 1. The third-order valence-corrected chi connectivity index (χ3v) is 3.78. The highest BCUT2D eigenvalue weighted by Crippen LogP contribution is 2.32. The Morgan fingerprint density at radius 2 is 2.00 bits per heavy atom. The van der Waals surface area contributed by atoms with Crippen LogP contribution in [0.3, 0.4) is 0 Å². The van der Waals surface area contributed by atoms with Gasteiger partial charge in [-0.25, -0.2) is 0 Å². The third-order valence-electron chi connectivity index (χ3n) is 2.58. The molecule has 2 heterocycles. The van der Waals surface area contributed by atoms with Crippen LogP contribution < -0.4 is 15.4 Å². The summed E-state index contributed by atoms with van der Waals surface area (Å²) in [6.45, 7) is 0. The first-order chi connectivity index (χ1) is 8.66. The summed E-state index contributed by atoms with van der Waals surface area (Å²) < 4.78 is 5.70. The molecular formula is C12H8NO3PS.